The number of hydrogen-bond donors (Lipinski definition) is 1. The first-order valence-electron chi connectivity index (χ1n) is 10.1. The number of nitriles is 2. The van der Waals surface area contributed by atoms with Crippen LogP contribution in [-0.4, -0.2) is 15.0 Å². The molecule has 3 rings (SSSR count). The van der Waals surface area contributed by atoms with Gasteiger partial charge in [0.05, 0.1) is 16.8 Å². The smallest absolute Gasteiger partial charge is 0.173 e. The van der Waals surface area contributed by atoms with Crippen molar-refractivity contribution in [2.24, 2.45) is 0 Å². The van der Waals surface area contributed by atoms with Crippen LogP contribution in [0.5, 0.6) is 0 Å². The van der Waals surface area contributed by atoms with Gasteiger partial charge < -0.3 is 5.32 Å². The fraction of sp³-hybridized carbons (Fsp3) is 0.115. The van der Waals surface area contributed by atoms with E-state index < -0.39 is 5.82 Å². The van der Waals surface area contributed by atoms with Crippen molar-refractivity contribution < 1.29 is 4.39 Å². The molecule has 33 heavy (non-hydrogen) atoms. The van der Waals surface area contributed by atoms with Crippen molar-refractivity contribution in [3.05, 3.63) is 102 Å². The third-order valence-electron chi connectivity index (χ3n) is 4.61. The van der Waals surface area contributed by atoms with Gasteiger partial charge in [0.25, 0.3) is 0 Å². The lowest BCUT2D eigenvalue weighted by Gasteiger charge is -2.11. The molecule has 0 fully saturated rings. The summed E-state index contributed by atoms with van der Waals surface area (Å²) in [6.07, 6.45) is 11.6. The summed E-state index contributed by atoms with van der Waals surface area (Å²) < 4.78 is 15.1. The van der Waals surface area contributed by atoms with Gasteiger partial charge in [-0.05, 0) is 37.6 Å². The third kappa shape index (κ3) is 5.55. The second kappa shape index (κ2) is 10.6. The number of pyridine rings is 3. The van der Waals surface area contributed by atoms with Crippen LogP contribution in [0.15, 0.2) is 73.4 Å². The molecule has 162 valence electrons. The zero-order chi connectivity index (χ0) is 23.8. The van der Waals surface area contributed by atoms with Crippen molar-refractivity contribution in [2.45, 2.75) is 20.4 Å². The standard InChI is InChI=1S/C26H21FN6/c1-4-5-20(8-17(2)3)25-21(12-29)10-19(14-32-25)15-33-26-24(27)23(6-7-31-26)22-9-18(11-28)13-30-16-22/h4-10,13-14,16H,2,15H2,1,3H3,(H,31,33)/b5-4-,20-8+. The van der Waals surface area contributed by atoms with E-state index in [0.29, 0.717) is 27.9 Å². The van der Waals surface area contributed by atoms with Gasteiger partial charge in [-0.25, -0.2) is 9.37 Å². The van der Waals surface area contributed by atoms with Crippen LogP contribution < -0.4 is 5.32 Å². The number of halogens is 1. The van der Waals surface area contributed by atoms with Crippen molar-refractivity contribution >= 4 is 11.4 Å². The number of allylic oxidation sites excluding steroid dienone is 5. The summed E-state index contributed by atoms with van der Waals surface area (Å²) in [4.78, 5) is 12.5. The molecule has 0 spiro atoms. The Hall–Kier alpha value is -4.62. The molecule has 0 saturated carbocycles. The van der Waals surface area contributed by atoms with E-state index >= 15 is 4.39 Å². The molecular weight excluding hydrogens is 415 g/mol. The predicted molar refractivity (Wildman–Crippen MR) is 126 cm³/mol. The molecule has 6 nitrogen and oxygen atoms in total. The minimum atomic E-state index is -0.556. The predicted octanol–water partition coefficient (Wildman–Crippen LogP) is 5.57. The number of hydrogen-bond acceptors (Lipinski definition) is 6. The molecule has 0 aromatic carbocycles. The summed E-state index contributed by atoms with van der Waals surface area (Å²) in [5, 5.41) is 21.7. The summed E-state index contributed by atoms with van der Waals surface area (Å²) in [6, 6.07) is 8.99. The maximum absolute atomic E-state index is 15.1. The summed E-state index contributed by atoms with van der Waals surface area (Å²) in [6.45, 7) is 7.87. The second-order valence-electron chi connectivity index (χ2n) is 7.25. The van der Waals surface area contributed by atoms with Crippen LogP contribution in [0, 0.1) is 28.5 Å². The monoisotopic (exact) mass is 436 g/mol. The molecule has 0 radical (unpaired) electrons. The number of nitrogens with one attached hydrogen (secondary N) is 1. The highest BCUT2D eigenvalue weighted by atomic mass is 19.1. The molecule has 0 aliphatic carbocycles. The summed E-state index contributed by atoms with van der Waals surface area (Å²) in [5.74, 6) is -0.506. The topological polar surface area (TPSA) is 98.3 Å². The Bertz CT molecular complexity index is 1340. The second-order valence-corrected chi connectivity index (χ2v) is 7.25. The van der Waals surface area contributed by atoms with E-state index in [9.17, 15) is 5.26 Å². The van der Waals surface area contributed by atoms with Gasteiger partial charge >= 0.3 is 0 Å². The Kier molecular flexibility index (Phi) is 7.41. The van der Waals surface area contributed by atoms with Gasteiger partial charge in [0.1, 0.15) is 12.1 Å². The van der Waals surface area contributed by atoms with Gasteiger partial charge in [0.15, 0.2) is 11.6 Å². The lowest BCUT2D eigenvalue weighted by molar-refractivity contribution is 0.627. The SMILES string of the molecule is C=C(C)/C=C(\C=C/C)c1ncc(CNc2nccc(-c3cncc(C#N)c3)c2F)cc1C#N. The molecule has 1 N–H and O–H groups in total. The molecule has 0 amide bonds. The van der Waals surface area contributed by atoms with Crippen molar-refractivity contribution in [3.8, 4) is 23.3 Å². The van der Waals surface area contributed by atoms with E-state index in [0.717, 1.165) is 11.1 Å². The van der Waals surface area contributed by atoms with Crippen molar-refractivity contribution in [1.29, 1.82) is 10.5 Å². The Morgan fingerprint density at radius 3 is 2.70 bits per heavy atom. The molecule has 0 bridgehead atoms. The first kappa shape index (κ1) is 23.1. The van der Waals surface area contributed by atoms with E-state index in [4.69, 9.17) is 5.26 Å². The third-order valence-corrected chi connectivity index (χ3v) is 4.61. The van der Waals surface area contributed by atoms with Gasteiger partial charge in [0.2, 0.25) is 0 Å². The number of aromatic nitrogens is 3. The number of rotatable bonds is 7. The average Bonchev–Trinajstić information content (AvgIpc) is 2.82. The molecule has 3 heterocycles. The average molecular weight is 436 g/mol. The van der Waals surface area contributed by atoms with E-state index in [1.165, 1.54) is 24.7 Å². The first-order valence-corrected chi connectivity index (χ1v) is 10.1. The van der Waals surface area contributed by atoms with Crippen molar-refractivity contribution in [3.63, 3.8) is 0 Å². The quantitative estimate of drug-likeness (QED) is 0.486. The zero-order valence-electron chi connectivity index (χ0n) is 18.3. The lowest BCUT2D eigenvalue weighted by atomic mass is 10.0. The molecule has 0 atom stereocenters. The maximum atomic E-state index is 15.1. The minimum absolute atomic E-state index is 0.0502. The summed E-state index contributed by atoms with van der Waals surface area (Å²) in [5.41, 5.74) is 4.39. The molecule has 3 aromatic rings. The van der Waals surface area contributed by atoms with Crippen molar-refractivity contribution in [2.75, 3.05) is 5.32 Å². The number of anilines is 1. The van der Waals surface area contributed by atoms with Gasteiger partial charge in [-0.3, -0.25) is 9.97 Å². The minimum Gasteiger partial charge on any atom is -0.363 e. The van der Waals surface area contributed by atoms with Crippen LogP contribution >= 0.6 is 0 Å². The van der Waals surface area contributed by atoms with Gasteiger partial charge in [0, 0.05) is 48.0 Å². The molecular formula is C26H21FN6. The lowest BCUT2D eigenvalue weighted by Crippen LogP contribution is -2.06. The molecule has 0 aliphatic rings. The molecule has 0 aliphatic heterocycles. The van der Waals surface area contributed by atoms with Crippen LogP contribution in [0.4, 0.5) is 10.2 Å². The summed E-state index contributed by atoms with van der Waals surface area (Å²) in [7, 11) is 0. The Balaban J connectivity index is 1.87. The van der Waals surface area contributed by atoms with Crippen LogP contribution in [0.2, 0.25) is 0 Å². The van der Waals surface area contributed by atoms with Crippen LogP contribution in [0.3, 0.4) is 0 Å². The Labute approximate surface area is 192 Å². The Morgan fingerprint density at radius 1 is 1.18 bits per heavy atom. The van der Waals surface area contributed by atoms with Gasteiger partial charge in [-0.1, -0.05) is 30.4 Å². The van der Waals surface area contributed by atoms with Crippen molar-refractivity contribution in [1.82, 2.24) is 15.0 Å². The molecule has 3 aromatic heterocycles. The normalized spacial score (nSPS) is 11.1. The van der Waals surface area contributed by atoms with Crippen LogP contribution in [-0.2, 0) is 6.54 Å². The van der Waals surface area contributed by atoms with E-state index in [1.807, 2.05) is 38.1 Å². The molecule has 7 heteroatoms. The highest BCUT2D eigenvalue weighted by Crippen LogP contribution is 2.27. The molecule has 0 unspecified atom stereocenters. The van der Waals surface area contributed by atoms with E-state index in [1.54, 1.807) is 18.3 Å². The van der Waals surface area contributed by atoms with E-state index in [2.05, 4.69) is 32.9 Å². The Morgan fingerprint density at radius 2 is 2.00 bits per heavy atom. The fourth-order valence-corrected chi connectivity index (χ4v) is 3.18. The highest BCUT2D eigenvalue weighted by Gasteiger charge is 2.13. The van der Waals surface area contributed by atoms with Gasteiger partial charge in [-0.2, -0.15) is 10.5 Å². The summed E-state index contributed by atoms with van der Waals surface area (Å²) >= 11 is 0. The largest absolute Gasteiger partial charge is 0.363 e. The fourth-order valence-electron chi connectivity index (χ4n) is 3.18. The maximum Gasteiger partial charge on any atom is 0.173 e. The molecule has 0 saturated heterocycles. The zero-order valence-corrected chi connectivity index (χ0v) is 18.3. The van der Waals surface area contributed by atoms with Gasteiger partial charge in [-0.15, -0.1) is 0 Å². The highest BCUT2D eigenvalue weighted by molar-refractivity contribution is 5.77. The van der Waals surface area contributed by atoms with Crippen LogP contribution in [0.1, 0.15) is 36.2 Å². The first-order chi connectivity index (χ1) is 16.0. The van der Waals surface area contributed by atoms with E-state index in [-0.39, 0.29) is 17.9 Å². The van der Waals surface area contributed by atoms with Crippen LogP contribution in [0.25, 0.3) is 16.7 Å². The number of nitrogens with zero attached hydrogens (tertiary/aromatic N) is 5.